The van der Waals surface area contributed by atoms with Crippen molar-refractivity contribution in [2.24, 2.45) is 5.84 Å². The minimum Gasteiger partial charge on any atom is -0.378 e. The molecule has 0 aliphatic heterocycles. The number of halogens is 3. The molecule has 0 fully saturated rings. The van der Waals surface area contributed by atoms with E-state index in [1.807, 2.05) is 0 Å². The Labute approximate surface area is 101 Å². The van der Waals surface area contributed by atoms with Crippen molar-refractivity contribution in [3.05, 3.63) is 35.3 Å². The molecular weight excluding hydrogens is 247 g/mol. The van der Waals surface area contributed by atoms with Crippen molar-refractivity contribution in [1.82, 2.24) is 4.98 Å². The number of nitrogen functional groups attached to an aromatic ring is 1. The van der Waals surface area contributed by atoms with E-state index in [2.05, 4.69) is 10.4 Å². The number of hydrazine groups is 1. The Morgan fingerprint density at radius 1 is 1.28 bits per heavy atom. The molecule has 0 atom stereocenters. The summed E-state index contributed by atoms with van der Waals surface area (Å²) in [5.74, 6) is 1.77. The number of aromatic nitrogens is 1. The first-order chi connectivity index (χ1) is 8.58. The number of ether oxygens (including phenoxy) is 1. The molecular formula is C11H10F3N3O. The summed E-state index contributed by atoms with van der Waals surface area (Å²) in [7, 11) is 1.43. The van der Waals surface area contributed by atoms with Gasteiger partial charge in [-0.15, -0.1) is 0 Å². The summed E-state index contributed by atoms with van der Waals surface area (Å²) in [6, 6.07) is 1.81. The fourth-order valence-corrected chi connectivity index (χ4v) is 1.69. The summed E-state index contributed by atoms with van der Waals surface area (Å²) in [6.45, 7) is 0.100. The maximum Gasteiger partial charge on any atom is 0.170 e. The van der Waals surface area contributed by atoms with Crippen molar-refractivity contribution < 1.29 is 17.9 Å². The molecule has 2 aromatic rings. The van der Waals surface area contributed by atoms with Gasteiger partial charge in [0.25, 0.3) is 0 Å². The van der Waals surface area contributed by atoms with Gasteiger partial charge in [-0.2, -0.15) is 0 Å². The predicted octanol–water partition coefficient (Wildman–Crippen LogP) is 2.08. The summed E-state index contributed by atoms with van der Waals surface area (Å²) in [6.07, 6.45) is 0. The minimum atomic E-state index is -1.29. The van der Waals surface area contributed by atoms with E-state index in [1.165, 1.54) is 13.2 Å². The highest BCUT2D eigenvalue weighted by Gasteiger charge is 2.17. The zero-order valence-electron chi connectivity index (χ0n) is 9.43. The molecule has 0 saturated heterocycles. The molecule has 2 rings (SSSR count). The molecule has 1 heterocycles. The fourth-order valence-electron chi connectivity index (χ4n) is 1.69. The lowest BCUT2D eigenvalue weighted by Gasteiger charge is -2.10. The van der Waals surface area contributed by atoms with Gasteiger partial charge < -0.3 is 10.2 Å². The monoisotopic (exact) mass is 257 g/mol. The summed E-state index contributed by atoms with van der Waals surface area (Å²) in [4.78, 5) is 3.87. The largest absolute Gasteiger partial charge is 0.378 e. The van der Waals surface area contributed by atoms with Crippen LogP contribution in [0.2, 0.25) is 0 Å². The number of nitrogens with zero attached hydrogens (tertiary/aromatic N) is 1. The van der Waals surface area contributed by atoms with Gasteiger partial charge >= 0.3 is 0 Å². The van der Waals surface area contributed by atoms with Crippen LogP contribution in [0.15, 0.2) is 12.1 Å². The molecule has 0 aliphatic rings. The first kappa shape index (κ1) is 12.6. The normalized spacial score (nSPS) is 10.9. The number of hydrogen-bond donors (Lipinski definition) is 2. The van der Waals surface area contributed by atoms with E-state index in [4.69, 9.17) is 10.6 Å². The van der Waals surface area contributed by atoms with E-state index < -0.39 is 17.5 Å². The summed E-state index contributed by atoms with van der Waals surface area (Å²) in [5, 5.41) is -0.324. The molecule has 0 bridgehead atoms. The highest BCUT2D eigenvalue weighted by molar-refractivity contribution is 5.92. The fraction of sp³-hybridized carbons (Fsp3) is 0.182. The van der Waals surface area contributed by atoms with Gasteiger partial charge in [0, 0.05) is 13.2 Å². The Balaban J connectivity index is 2.82. The Morgan fingerprint density at radius 3 is 2.61 bits per heavy atom. The number of nitrogens with two attached hydrogens (primary N) is 1. The van der Waals surface area contributed by atoms with Crippen LogP contribution in [0.5, 0.6) is 0 Å². The van der Waals surface area contributed by atoms with Crippen molar-refractivity contribution >= 4 is 16.6 Å². The minimum absolute atomic E-state index is 0.0444. The number of pyridine rings is 1. The average molecular weight is 257 g/mol. The first-order valence-corrected chi connectivity index (χ1v) is 5.01. The Morgan fingerprint density at radius 2 is 2.00 bits per heavy atom. The van der Waals surface area contributed by atoms with Crippen LogP contribution in [0, 0.1) is 17.5 Å². The van der Waals surface area contributed by atoms with Gasteiger partial charge in [0.2, 0.25) is 0 Å². The molecule has 0 unspecified atom stereocenters. The standard InChI is InChI=1S/C11H10F3N3O/c1-18-4-5-2-8(17-15)9-10(14)6(12)3-7(13)11(9)16-5/h2-3H,4,15H2,1H3,(H,16,17). The third kappa shape index (κ3) is 1.98. The summed E-state index contributed by atoms with van der Waals surface area (Å²) < 4.78 is 45.2. The van der Waals surface area contributed by atoms with E-state index in [-0.39, 0.29) is 23.2 Å². The van der Waals surface area contributed by atoms with Gasteiger partial charge in [-0.3, -0.25) is 5.84 Å². The van der Waals surface area contributed by atoms with E-state index in [1.54, 1.807) is 0 Å². The quantitative estimate of drug-likeness (QED) is 0.502. The molecule has 18 heavy (non-hydrogen) atoms. The van der Waals surface area contributed by atoms with Crippen LogP contribution in [-0.4, -0.2) is 12.1 Å². The highest BCUT2D eigenvalue weighted by atomic mass is 19.2. The number of methoxy groups -OCH3 is 1. The van der Waals surface area contributed by atoms with E-state index in [0.29, 0.717) is 11.8 Å². The first-order valence-electron chi connectivity index (χ1n) is 5.01. The average Bonchev–Trinajstić information content (AvgIpc) is 2.35. The molecule has 1 aromatic heterocycles. The van der Waals surface area contributed by atoms with Crippen molar-refractivity contribution in [3.8, 4) is 0 Å². The second-order valence-corrected chi connectivity index (χ2v) is 3.62. The van der Waals surface area contributed by atoms with Crippen molar-refractivity contribution in [3.63, 3.8) is 0 Å². The summed E-state index contributed by atoms with van der Waals surface area (Å²) in [5.41, 5.74) is 2.29. The Bertz CT molecular complexity index is 604. The summed E-state index contributed by atoms with van der Waals surface area (Å²) >= 11 is 0. The van der Waals surface area contributed by atoms with Crippen molar-refractivity contribution in [1.29, 1.82) is 0 Å². The smallest absolute Gasteiger partial charge is 0.170 e. The molecule has 96 valence electrons. The lowest BCUT2D eigenvalue weighted by atomic mass is 10.1. The van der Waals surface area contributed by atoms with Crippen LogP contribution in [0.25, 0.3) is 10.9 Å². The number of rotatable bonds is 3. The van der Waals surface area contributed by atoms with E-state index in [9.17, 15) is 13.2 Å². The molecule has 0 amide bonds. The zero-order chi connectivity index (χ0) is 13.3. The molecule has 4 nitrogen and oxygen atoms in total. The van der Waals surface area contributed by atoms with Gasteiger partial charge in [-0.05, 0) is 6.07 Å². The number of nitrogens with one attached hydrogen (secondary N) is 1. The maximum absolute atomic E-state index is 13.6. The van der Waals surface area contributed by atoms with Gasteiger partial charge in [0.1, 0.15) is 5.52 Å². The van der Waals surface area contributed by atoms with Crippen molar-refractivity contribution in [2.45, 2.75) is 6.61 Å². The van der Waals surface area contributed by atoms with Crippen LogP contribution in [-0.2, 0) is 11.3 Å². The molecule has 3 N–H and O–H groups in total. The third-order valence-electron chi connectivity index (χ3n) is 2.43. The second kappa shape index (κ2) is 4.79. The topological polar surface area (TPSA) is 60.2 Å². The highest BCUT2D eigenvalue weighted by Crippen LogP contribution is 2.29. The van der Waals surface area contributed by atoms with E-state index >= 15 is 0 Å². The van der Waals surface area contributed by atoms with Gasteiger partial charge in [-0.25, -0.2) is 18.2 Å². The number of fused-ring (bicyclic) bond motifs is 1. The Hall–Kier alpha value is -1.86. The van der Waals surface area contributed by atoms with E-state index in [0.717, 1.165) is 0 Å². The molecule has 0 spiro atoms. The van der Waals surface area contributed by atoms with Gasteiger partial charge in [0.15, 0.2) is 17.5 Å². The van der Waals surface area contributed by atoms with Crippen molar-refractivity contribution in [2.75, 3.05) is 12.5 Å². The lowest BCUT2D eigenvalue weighted by molar-refractivity contribution is 0.182. The SMILES string of the molecule is COCc1cc(NN)c2c(F)c(F)cc(F)c2n1. The number of benzene rings is 1. The van der Waals surface area contributed by atoms with Crippen LogP contribution < -0.4 is 11.3 Å². The van der Waals surface area contributed by atoms with Gasteiger partial charge in [-0.1, -0.05) is 0 Å². The zero-order valence-corrected chi connectivity index (χ0v) is 9.43. The lowest BCUT2D eigenvalue weighted by Crippen LogP contribution is -2.10. The molecule has 1 aromatic carbocycles. The Kier molecular flexibility index (Phi) is 3.35. The molecule has 0 aliphatic carbocycles. The van der Waals surface area contributed by atoms with Crippen LogP contribution in [0.3, 0.4) is 0 Å². The van der Waals surface area contributed by atoms with Crippen LogP contribution in [0.4, 0.5) is 18.9 Å². The van der Waals surface area contributed by atoms with Gasteiger partial charge in [0.05, 0.1) is 23.4 Å². The predicted molar refractivity (Wildman–Crippen MR) is 60.1 cm³/mol. The number of anilines is 1. The third-order valence-corrected chi connectivity index (χ3v) is 2.43. The number of hydrogen-bond acceptors (Lipinski definition) is 4. The van der Waals surface area contributed by atoms with Crippen LogP contribution in [0.1, 0.15) is 5.69 Å². The second-order valence-electron chi connectivity index (χ2n) is 3.62. The molecule has 0 radical (unpaired) electrons. The van der Waals surface area contributed by atoms with Crippen LogP contribution >= 0.6 is 0 Å². The maximum atomic E-state index is 13.6. The molecule has 7 heteroatoms. The molecule has 0 saturated carbocycles.